The van der Waals surface area contributed by atoms with Gasteiger partial charge in [-0.05, 0) is 57.6 Å². The van der Waals surface area contributed by atoms with Crippen LogP contribution in [0.25, 0.3) is 0 Å². The van der Waals surface area contributed by atoms with Gasteiger partial charge in [-0.2, -0.15) is 4.31 Å². The molecule has 5 rings (SSSR count). The number of piperidine rings is 1. The first-order valence-electron chi connectivity index (χ1n) is 12.8. The van der Waals surface area contributed by atoms with Crippen molar-refractivity contribution in [2.24, 2.45) is 5.92 Å². The summed E-state index contributed by atoms with van der Waals surface area (Å²) < 4.78 is 64.9. The summed E-state index contributed by atoms with van der Waals surface area (Å²) in [6.07, 6.45) is 5.50. The summed E-state index contributed by atoms with van der Waals surface area (Å²) in [6, 6.07) is 2.97. The van der Waals surface area contributed by atoms with E-state index in [2.05, 4.69) is 15.0 Å². The first kappa shape index (κ1) is 26.3. The lowest BCUT2D eigenvalue weighted by atomic mass is 10.0. The number of hydrogen-bond acceptors (Lipinski definition) is 9. The number of fused-ring (bicyclic) bond motifs is 2. The van der Waals surface area contributed by atoms with Gasteiger partial charge in [0.05, 0.1) is 22.3 Å². The Labute approximate surface area is 218 Å². The third-order valence-electron chi connectivity index (χ3n) is 7.23. The molecule has 1 saturated carbocycles. The van der Waals surface area contributed by atoms with Crippen LogP contribution >= 0.6 is 0 Å². The molecule has 0 spiro atoms. The molecule has 2 aromatic rings. The largest absolute Gasteiger partial charge is 0.474 e. The molecule has 202 valence electrons. The average molecular weight is 551 g/mol. The molecule has 2 saturated heterocycles. The van der Waals surface area contributed by atoms with Crippen LogP contribution in [0, 0.1) is 19.8 Å². The van der Waals surface area contributed by atoms with Gasteiger partial charge >= 0.3 is 0 Å². The van der Waals surface area contributed by atoms with E-state index in [0.29, 0.717) is 54.5 Å². The first-order valence-corrected chi connectivity index (χ1v) is 16.0. The monoisotopic (exact) mass is 550 g/mol. The van der Waals surface area contributed by atoms with Gasteiger partial charge in [0.25, 0.3) is 0 Å². The first-order chi connectivity index (χ1) is 17.5. The highest BCUT2D eigenvalue weighted by Crippen LogP contribution is 2.40. The standard InChI is InChI=1S/C25H34N4O6S2/c1-15(2)13-36(30,31)29-18-5-6-19(29)12-20(11-18)34-24-16(3)25(27-14-26-24)35-22-9-10-23(28-17(22)4)37(32,33)21-7-8-21/h9-10,14-15,18-21H,5-8,11-13H2,1-4H3/t18-,19?,20?/m0/s1. The van der Waals surface area contributed by atoms with Gasteiger partial charge in [-0.25, -0.2) is 31.8 Å². The van der Waals surface area contributed by atoms with Crippen LogP contribution in [0.4, 0.5) is 0 Å². The highest BCUT2D eigenvalue weighted by Gasteiger charge is 2.47. The lowest BCUT2D eigenvalue weighted by Crippen LogP contribution is -2.50. The third-order valence-corrected chi connectivity index (χ3v) is 11.7. The SMILES string of the molecule is Cc1nc(S(=O)(=O)C2CC2)ccc1Oc1ncnc(OC2CC3CC[C@@H](C2)N3S(=O)(=O)CC(C)C)c1C. The van der Waals surface area contributed by atoms with Crippen LogP contribution in [0.1, 0.15) is 63.6 Å². The van der Waals surface area contributed by atoms with Gasteiger partial charge in [0.1, 0.15) is 12.4 Å². The quantitative estimate of drug-likeness (QED) is 0.460. The van der Waals surface area contributed by atoms with Gasteiger partial charge in [0.15, 0.2) is 20.6 Å². The maximum absolute atomic E-state index is 12.9. The highest BCUT2D eigenvalue weighted by atomic mass is 32.2. The second-order valence-corrected chi connectivity index (χ2v) is 14.9. The molecule has 0 amide bonds. The Bertz CT molecular complexity index is 1380. The lowest BCUT2D eigenvalue weighted by molar-refractivity contribution is 0.0906. The molecule has 10 nitrogen and oxygen atoms in total. The molecule has 2 bridgehead atoms. The number of ether oxygens (including phenoxy) is 2. The maximum Gasteiger partial charge on any atom is 0.229 e. The summed E-state index contributed by atoms with van der Waals surface area (Å²) in [7, 11) is -6.68. The predicted molar refractivity (Wildman–Crippen MR) is 137 cm³/mol. The molecule has 1 aliphatic carbocycles. The molecule has 3 atom stereocenters. The van der Waals surface area contributed by atoms with Crippen molar-refractivity contribution in [3.8, 4) is 17.5 Å². The number of sulfonamides is 1. The Kier molecular flexibility index (Phi) is 6.95. The third kappa shape index (κ3) is 5.33. The summed E-state index contributed by atoms with van der Waals surface area (Å²) in [5.41, 5.74) is 1.06. The Balaban J connectivity index is 1.29. The number of aromatic nitrogens is 3. The molecule has 2 unspecified atom stereocenters. The van der Waals surface area contributed by atoms with E-state index in [4.69, 9.17) is 9.47 Å². The minimum Gasteiger partial charge on any atom is -0.474 e. The van der Waals surface area contributed by atoms with Crippen molar-refractivity contribution in [1.82, 2.24) is 19.3 Å². The van der Waals surface area contributed by atoms with E-state index in [9.17, 15) is 16.8 Å². The Hall–Kier alpha value is -2.31. The fourth-order valence-electron chi connectivity index (χ4n) is 5.39. The van der Waals surface area contributed by atoms with E-state index in [1.807, 2.05) is 13.8 Å². The van der Waals surface area contributed by atoms with E-state index in [1.54, 1.807) is 24.2 Å². The topological polar surface area (TPSA) is 129 Å². The van der Waals surface area contributed by atoms with Crippen LogP contribution in [-0.2, 0) is 19.9 Å². The number of rotatable bonds is 9. The number of sulfone groups is 1. The van der Waals surface area contributed by atoms with Crippen molar-refractivity contribution in [1.29, 1.82) is 0 Å². The molecule has 12 heteroatoms. The van der Waals surface area contributed by atoms with Crippen LogP contribution in [0.2, 0.25) is 0 Å². The van der Waals surface area contributed by atoms with Crippen molar-refractivity contribution >= 4 is 19.9 Å². The van der Waals surface area contributed by atoms with Crippen molar-refractivity contribution in [2.45, 2.75) is 94.7 Å². The van der Waals surface area contributed by atoms with Crippen LogP contribution in [0.15, 0.2) is 23.5 Å². The molecule has 0 N–H and O–H groups in total. The minimum absolute atomic E-state index is 0.0514. The van der Waals surface area contributed by atoms with Gasteiger partial charge in [-0.3, -0.25) is 0 Å². The van der Waals surface area contributed by atoms with E-state index >= 15 is 0 Å². The summed E-state index contributed by atoms with van der Waals surface area (Å²) in [5, 5.41) is -0.257. The normalized spacial score (nSPS) is 24.4. The number of hydrogen-bond donors (Lipinski definition) is 0. The van der Waals surface area contributed by atoms with Crippen molar-refractivity contribution < 1.29 is 26.3 Å². The minimum atomic E-state index is -3.39. The molecule has 0 radical (unpaired) electrons. The predicted octanol–water partition coefficient (Wildman–Crippen LogP) is 3.58. The zero-order chi connectivity index (χ0) is 26.5. The van der Waals surface area contributed by atoms with Gasteiger partial charge in [0, 0.05) is 24.9 Å². The smallest absolute Gasteiger partial charge is 0.229 e. The Morgan fingerprint density at radius 1 is 0.973 bits per heavy atom. The van der Waals surface area contributed by atoms with Crippen LogP contribution in [0.3, 0.4) is 0 Å². The second kappa shape index (κ2) is 9.77. The summed E-state index contributed by atoms with van der Waals surface area (Å²) in [5.74, 6) is 1.35. The number of pyridine rings is 1. The number of nitrogens with zero attached hydrogens (tertiary/aromatic N) is 4. The van der Waals surface area contributed by atoms with E-state index in [1.165, 1.54) is 12.4 Å². The molecule has 37 heavy (non-hydrogen) atoms. The molecular formula is C25H34N4O6S2. The fourth-order valence-corrected chi connectivity index (χ4v) is 9.31. The summed E-state index contributed by atoms with van der Waals surface area (Å²) in [6.45, 7) is 7.35. The Morgan fingerprint density at radius 2 is 1.62 bits per heavy atom. The molecule has 0 aromatic carbocycles. The average Bonchev–Trinajstić information content (AvgIpc) is 3.62. The molecule has 4 heterocycles. The van der Waals surface area contributed by atoms with Gasteiger partial charge in [-0.1, -0.05) is 13.8 Å². The number of aryl methyl sites for hydroxylation is 1. The highest BCUT2D eigenvalue weighted by molar-refractivity contribution is 7.92. The maximum atomic E-state index is 12.9. The molecular weight excluding hydrogens is 516 g/mol. The fraction of sp³-hybridized carbons (Fsp3) is 0.640. The molecule has 2 aromatic heterocycles. The van der Waals surface area contributed by atoms with E-state index in [0.717, 1.165) is 12.8 Å². The van der Waals surface area contributed by atoms with Crippen LogP contribution in [0.5, 0.6) is 17.5 Å². The summed E-state index contributed by atoms with van der Waals surface area (Å²) >= 11 is 0. The lowest BCUT2D eigenvalue weighted by Gasteiger charge is -2.38. The van der Waals surface area contributed by atoms with Gasteiger partial charge < -0.3 is 9.47 Å². The van der Waals surface area contributed by atoms with Crippen molar-refractivity contribution in [3.63, 3.8) is 0 Å². The molecule has 2 aliphatic heterocycles. The van der Waals surface area contributed by atoms with Crippen LogP contribution in [-0.4, -0.2) is 65.3 Å². The molecule has 3 aliphatic rings. The van der Waals surface area contributed by atoms with Gasteiger partial charge in [0.2, 0.25) is 21.8 Å². The van der Waals surface area contributed by atoms with Crippen molar-refractivity contribution in [3.05, 3.63) is 29.7 Å². The molecule has 3 fully saturated rings. The summed E-state index contributed by atoms with van der Waals surface area (Å²) in [4.78, 5) is 12.8. The Morgan fingerprint density at radius 3 is 2.22 bits per heavy atom. The van der Waals surface area contributed by atoms with Crippen molar-refractivity contribution in [2.75, 3.05) is 5.75 Å². The zero-order valence-corrected chi connectivity index (χ0v) is 23.3. The van der Waals surface area contributed by atoms with Crippen LogP contribution < -0.4 is 9.47 Å². The zero-order valence-electron chi connectivity index (χ0n) is 21.6. The van der Waals surface area contributed by atoms with E-state index < -0.39 is 19.9 Å². The second-order valence-electron chi connectivity index (χ2n) is 10.8. The van der Waals surface area contributed by atoms with E-state index in [-0.39, 0.29) is 40.1 Å². The van der Waals surface area contributed by atoms with Gasteiger partial charge in [-0.15, -0.1) is 0 Å².